The number of primary amides is 1. The lowest BCUT2D eigenvalue weighted by Gasteiger charge is -2.11. The van der Waals surface area contributed by atoms with Gasteiger partial charge in [-0.25, -0.2) is 0 Å². The van der Waals surface area contributed by atoms with Crippen LogP contribution in [0.25, 0.3) is 0 Å². The van der Waals surface area contributed by atoms with Crippen molar-refractivity contribution in [1.82, 2.24) is 5.32 Å². The number of benzene rings is 1. The summed E-state index contributed by atoms with van der Waals surface area (Å²) in [6, 6.07) is 6.06. The minimum atomic E-state index is -0.939. The maximum atomic E-state index is 11.6. The monoisotopic (exact) mass is 278 g/mol. The molecule has 1 rings (SSSR count). The molecule has 0 saturated carbocycles. The summed E-state index contributed by atoms with van der Waals surface area (Å²) in [7, 11) is 0. The van der Waals surface area contributed by atoms with E-state index in [9.17, 15) is 14.4 Å². The molecule has 0 fully saturated rings. The number of hydrogen-bond donors (Lipinski definition) is 4. The van der Waals surface area contributed by atoms with Crippen molar-refractivity contribution in [1.29, 1.82) is 0 Å². The highest BCUT2D eigenvalue weighted by Crippen LogP contribution is 2.09. The summed E-state index contributed by atoms with van der Waals surface area (Å²) in [5.74, 6) is -1.20. The van der Waals surface area contributed by atoms with Crippen LogP contribution in [0.15, 0.2) is 24.3 Å². The number of carbonyl (C=O) groups excluding carboxylic acids is 3. The lowest BCUT2D eigenvalue weighted by Crippen LogP contribution is -2.42. The maximum absolute atomic E-state index is 11.6. The first-order valence-corrected chi connectivity index (χ1v) is 6.06. The van der Waals surface area contributed by atoms with Crippen LogP contribution in [0, 0.1) is 0 Å². The highest BCUT2D eigenvalue weighted by Gasteiger charge is 2.15. The fraction of sp³-hybridized carbons (Fsp3) is 0.308. The second-order valence-corrected chi connectivity index (χ2v) is 4.37. The van der Waals surface area contributed by atoms with Crippen molar-refractivity contribution in [3.63, 3.8) is 0 Å². The average molecular weight is 278 g/mol. The molecule has 108 valence electrons. The summed E-state index contributed by atoms with van der Waals surface area (Å²) in [6.45, 7) is 1.71. The molecule has 0 bridgehead atoms. The van der Waals surface area contributed by atoms with Crippen LogP contribution < -0.4 is 22.1 Å². The first-order valence-electron chi connectivity index (χ1n) is 6.06. The molecule has 1 atom stereocenters. The molecule has 1 aromatic rings. The van der Waals surface area contributed by atoms with E-state index in [0.717, 1.165) is 5.56 Å². The lowest BCUT2D eigenvalue weighted by atomic mass is 10.1. The molecule has 6 N–H and O–H groups in total. The van der Waals surface area contributed by atoms with Gasteiger partial charge in [0.2, 0.25) is 17.7 Å². The molecule has 0 radical (unpaired) electrons. The van der Waals surface area contributed by atoms with Crippen LogP contribution in [0.5, 0.6) is 0 Å². The zero-order chi connectivity index (χ0) is 15.1. The van der Waals surface area contributed by atoms with E-state index in [-0.39, 0.29) is 18.9 Å². The van der Waals surface area contributed by atoms with E-state index < -0.39 is 17.9 Å². The molecule has 0 saturated heterocycles. The van der Waals surface area contributed by atoms with Crippen molar-refractivity contribution in [3.8, 4) is 0 Å². The fourth-order valence-corrected chi connectivity index (χ4v) is 1.54. The Morgan fingerprint density at radius 3 is 2.30 bits per heavy atom. The van der Waals surface area contributed by atoms with E-state index in [1.165, 1.54) is 6.92 Å². The average Bonchev–Trinajstić information content (AvgIpc) is 2.36. The molecule has 1 unspecified atom stereocenters. The van der Waals surface area contributed by atoms with Gasteiger partial charge in [-0.05, 0) is 17.7 Å². The Morgan fingerprint density at radius 1 is 1.20 bits per heavy atom. The molecule has 0 spiro atoms. The van der Waals surface area contributed by atoms with E-state index in [2.05, 4.69) is 10.6 Å². The smallest absolute Gasteiger partial charge is 0.237 e. The number of nitrogens with two attached hydrogens (primary N) is 2. The van der Waals surface area contributed by atoms with E-state index in [1.807, 2.05) is 0 Å². The van der Waals surface area contributed by atoms with Crippen molar-refractivity contribution >= 4 is 23.4 Å². The molecule has 0 aliphatic carbocycles. The minimum absolute atomic E-state index is 0.150. The van der Waals surface area contributed by atoms with Crippen LogP contribution in [-0.4, -0.2) is 23.8 Å². The van der Waals surface area contributed by atoms with Gasteiger partial charge < -0.3 is 22.1 Å². The summed E-state index contributed by atoms with van der Waals surface area (Å²) in [5.41, 5.74) is 12.0. The topological polar surface area (TPSA) is 127 Å². The van der Waals surface area contributed by atoms with Crippen molar-refractivity contribution in [2.45, 2.75) is 25.9 Å². The van der Waals surface area contributed by atoms with Crippen molar-refractivity contribution in [2.24, 2.45) is 11.5 Å². The molecule has 7 nitrogen and oxygen atoms in total. The Morgan fingerprint density at radius 2 is 1.80 bits per heavy atom. The van der Waals surface area contributed by atoms with Gasteiger partial charge >= 0.3 is 0 Å². The van der Waals surface area contributed by atoms with Gasteiger partial charge in [0.05, 0.1) is 12.5 Å². The van der Waals surface area contributed by atoms with Crippen LogP contribution in [0.3, 0.4) is 0 Å². The van der Waals surface area contributed by atoms with Gasteiger partial charge in [-0.3, -0.25) is 14.4 Å². The number of carbonyl (C=O) groups is 3. The zero-order valence-electron chi connectivity index (χ0n) is 11.2. The third kappa shape index (κ3) is 5.49. The Kier molecular flexibility index (Phi) is 5.67. The number of hydrogen-bond acceptors (Lipinski definition) is 4. The van der Waals surface area contributed by atoms with Gasteiger partial charge in [-0.15, -0.1) is 0 Å². The number of rotatable bonds is 6. The predicted molar refractivity (Wildman–Crippen MR) is 74.4 cm³/mol. The Bertz CT molecular complexity index is 499. The number of amides is 3. The van der Waals surface area contributed by atoms with Crippen LogP contribution in [0.4, 0.5) is 5.69 Å². The van der Waals surface area contributed by atoms with Crippen LogP contribution in [0.1, 0.15) is 18.9 Å². The van der Waals surface area contributed by atoms with Gasteiger partial charge in [0.25, 0.3) is 0 Å². The summed E-state index contributed by atoms with van der Waals surface area (Å²) in [6.07, 6.45) is -0.187. The van der Waals surface area contributed by atoms with Gasteiger partial charge in [-0.1, -0.05) is 12.1 Å². The third-order valence-electron chi connectivity index (χ3n) is 2.50. The maximum Gasteiger partial charge on any atom is 0.237 e. The number of anilines is 1. The molecule has 0 aliphatic heterocycles. The van der Waals surface area contributed by atoms with E-state index in [0.29, 0.717) is 5.69 Å². The van der Waals surface area contributed by atoms with Gasteiger partial charge in [0.1, 0.15) is 0 Å². The summed E-state index contributed by atoms with van der Waals surface area (Å²) in [5, 5.41) is 5.24. The molecular formula is C13H18N4O3. The molecule has 7 heteroatoms. The quantitative estimate of drug-likeness (QED) is 0.557. The van der Waals surface area contributed by atoms with Crippen molar-refractivity contribution in [2.75, 3.05) is 5.32 Å². The second-order valence-electron chi connectivity index (χ2n) is 4.37. The fourth-order valence-electron chi connectivity index (χ4n) is 1.54. The first kappa shape index (κ1) is 15.6. The Hall–Kier alpha value is -2.41. The SMILES string of the molecule is CC(=O)Nc1ccc(CNC(=O)C(N)CC(N)=O)cc1. The Balaban J connectivity index is 2.47. The van der Waals surface area contributed by atoms with E-state index in [1.54, 1.807) is 24.3 Å². The summed E-state index contributed by atoms with van der Waals surface area (Å²) < 4.78 is 0. The number of nitrogens with one attached hydrogen (secondary N) is 2. The van der Waals surface area contributed by atoms with E-state index in [4.69, 9.17) is 11.5 Å². The molecule has 0 aliphatic rings. The highest BCUT2D eigenvalue weighted by atomic mass is 16.2. The Labute approximate surface area is 116 Å². The highest BCUT2D eigenvalue weighted by molar-refractivity contribution is 5.88. The zero-order valence-corrected chi connectivity index (χ0v) is 11.2. The van der Waals surface area contributed by atoms with Crippen molar-refractivity contribution < 1.29 is 14.4 Å². The third-order valence-corrected chi connectivity index (χ3v) is 2.50. The van der Waals surface area contributed by atoms with Gasteiger partial charge in [0.15, 0.2) is 0 Å². The minimum Gasteiger partial charge on any atom is -0.370 e. The van der Waals surface area contributed by atoms with Gasteiger partial charge in [-0.2, -0.15) is 0 Å². The van der Waals surface area contributed by atoms with Gasteiger partial charge in [0, 0.05) is 19.2 Å². The van der Waals surface area contributed by atoms with Crippen LogP contribution in [-0.2, 0) is 20.9 Å². The predicted octanol–water partition coefficient (Wildman–Crippen LogP) is -0.536. The summed E-state index contributed by atoms with van der Waals surface area (Å²) >= 11 is 0. The standard InChI is InChI=1S/C13H18N4O3/c1-8(18)17-10-4-2-9(3-5-10)7-16-13(20)11(14)6-12(15)19/h2-5,11H,6-7,14H2,1H3,(H2,15,19)(H,16,20)(H,17,18). The molecular weight excluding hydrogens is 260 g/mol. The molecule has 20 heavy (non-hydrogen) atoms. The van der Waals surface area contributed by atoms with Crippen molar-refractivity contribution in [3.05, 3.63) is 29.8 Å². The van der Waals surface area contributed by atoms with Crippen LogP contribution in [0.2, 0.25) is 0 Å². The van der Waals surface area contributed by atoms with E-state index >= 15 is 0 Å². The molecule has 3 amide bonds. The molecule has 1 aromatic carbocycles. The normalized spacial score (nSPS) is 11.5. The second kappa shape index (κ2) is 7.25. The first-order chi connectivity index (χ1) is 9.38. The molecule has 0 heterocycles. The molecule has 0 aromatic heterocycles. The summed E-state index contributed by atoms with van der Waals surface area (Å²) in [4.78, 5) is 33.1. The largest absolute Gasteiger partial charge is 0.370 e. The van der Waals surface area contributed by atoms with Crippen LogP contribution >= 0.6 is 0 Å². The lowest BCUT2D eigenvalue weighted by molar-refractivity contribution is -0.126.